The second-order valence-corrected chi connectivity index (χ2v) is 11.7. The lowest BCUT2D eigenvalue weighted by molar-refractivity contribution is -0.213. The van der Waals surface area contributed by atoms with Gasteiger partial charge in [-0.15, -0.1) is 0 Å². The molecule has 1 saturated carbocycles. The van der Waals surface area contributed by atoms with E-state index in [-0.39, 0.29) is 54.1 Å². The first-order valence-corrected chi connectivity index (χ1v) is 14.4. The van der Waals surface area contributed by atoms with Crippen LogP contribution in [0.3, 0.4) is 0 Å². The molecule has 4 rings (SSSR count). The van der Waals surface area contributed by atoms with E-state index in [9.17, 15) is 31.2 Å². The van der Waals surface area contributed by atoms with E-state index in [1.807, 2.05) is 0 Å². The number of fused-ring (bicyclic) bond motifs is 1. The Morgan fingerprint density at radius 1 is 1.10 bits per heavy atom. The van der Waals surface area contributed by atoms with E-state index >= 15 is 0 Å². The van der Waals surface area contributed by atoms with Gasteiger partial charge in [0.25, 0.3) is 5.72 Å². The van der Waals surface area contributed by atoms with E-state index < -0.39 is 39.1 Å². The molecule has 1 atom stereocenters. The smallest absolute Gasteiger partial charge is 0.490 e. The average molecular weight is 611 g/mol. The van der Waals surface area contributed by atoms with Crippen molar-refractivity contribution in [3.8, 4) is 11.5 Å². The van der Waals surface area contributed by atoms with Crippen LogP contribution < -0.4 is 25.2 Å². The van der Waals surface area contributed by atoms with Gasteiger partial charge in [-0.2, -0.15) is 13.2 Å². The van der Waals surface area contributed by atoms with Gasteiger partial charge in [-0.1, -0.05) is 0 Å². The maximum Gasteiger partial charge on any atom is 0.491 e. The number of halogens is 3. The summed E-state index contributed by atoms with van der Waals surface area (Å²) in [4.78, 5) is 30.2. The highest BCUT2D eigenvalue weighted by Crippen LogP contribution is 2.39. The minimum Gasteiger partial charge on any atom is -0.490 e. The topological polar surface area (TPSA) is 159 Å². The van der Waals surface area contributed by atoms with Crippen molar-refractivity contribution in [2.24, 2.45) is 0 Å². The molecule has 0 aliphatic heterocycles. The van der Waals surface area contributed by atoms with Crippen LogP contribution in [0, 0.1) is 0 Å². The molecule has 4 N–H and O–H groups in total. The fourth-order valence-corrected chi connectivity index (χ4v) is 5.40. The Labute approximate surface area is 239 Å². The first-order valence-electron chi connectivity index (χ1n) is 12.9. The molecule has 0 radical (unpaired) electrons. The van der Waals surface area contributed by atoms with Crippen LogP contribution in [0.1, 0.15) is 39.2 Å². The average Bonchev–Trinajstić information content (AvgIpc) is 3.75. The molecule has 0 saturated heterocycles. The zero-order chi connectivity index (χ0) is 30.9. The number of alkyl halides is 3. The monoisotopic (exact) mass is 610 g/mol. The first kappa shape index (κ1) is 30.7. The summed E-state index contributed by atoms with van der Waals surface area (Å²) in [6, 6.07) is 9.45. The molecule has 0 spiro atoms. The van der Waals surface area contributed by atoms with Crippen LogP contribution in [-0.4, -0.2) is 49.4 Å². The number of hydrogen-bond acceptors (Lipinski definition) is 10. The van der Waals surface area contributed by atoms with Gasteiger partial charge in [0, 0.05) is 22.8 Å². The molecule has 226 valence electrons. The molecule has 15 heteroatoms. The van der Waals surface area contributed by atoms with E-state index in [0.29, 0.717) is 10.8 Å². The molecule has 42 heavy (non-hydrogen) atoms. The van der Waals surface area contributed by atoms with Crippen molar-refractivity contribution in [3.05, 3.63) is 54.2 Å². The van der Waals surface area contributed by atoms with Crippen LogP contribution in [-0.2, 0) is 30.1 Å². The number of nitrogen functional groups attached to an aromatic ring is 1. The molecular weight excluding hydrogens is 581 g/mol. The predicted octanol–water partition coefficient (Wildman–Crippen LogP) is 3.98. The van der Waals surface area contributed by atoms with Crippen molar-refractivity contribution in [2.75, 3.05) is 17.7 Å². The van der Waals surface area contributed by atoms with Crippen molar-refractivity contribution < 1.29 is 45.4 Å². The molecule has 1 unspecified atom stereocenters. The predicted molar refractivity (Wildman–Crippen MR) is 147 cm³/mol. The lowest BCUT2D eigenvalue weighted by atomic mass is 9.99. The van der Waals surface area contributed by atoms with Crippen LogP contribution >= 0.6 is 0 Å². The van der Waals surface area contributed by atoms with Gasteiger partial charge < -0.3 is 25.3 Å². The Morgan fingerprint density at radius 3 is 2.43 bits per heavy atom. The van der Waals surface area contributed by atoms with Crippen LogP contribution in [0.5, 0.6) is 11.5 Å². The Bertz CT molecular complexity index is 1610. The molecule has 1 aliphatic rings. The number of esters is 1. The number of nitrogens with zero attached hydrogens (tertiary/aromatic N) is 1. The first-order chi connectivity index (χ1) is 19.7. The summed E-state index contributed by atoms with van der Waals surface area (Å²) in [5.41, 5.74) is 2.46. The van der Waals surface area contributed by atoms with Gasteiger partial charge in [0.2, 0.25) is 10.0 Å². The zero-order valence-corrected chi connectivity index (χ0v) is 23.6. The van der Waals surface area contributed by atoms with Crippen LogP contribution in [0.2, 0.25) is 0 Å². The van der Waals surface area contributed by atoms with Gasteiger partial charge in [0.15, 0.2) is 11.5 Å². The summed E-state index contributed by atoms with van der Waals surface area (Å²) >= 11 is 0. The fourth-order valence-electron chi connectivity index (χ4n) is 4.08. The van der Waals surface area contributed by atoms with Gasteiger partial charge in [0.1, 0.15) is 5.82 Å². The van der Waals surface area contributed by atoms with Crippen LogP contribution in [0.15, 0.2) is 48.7 Å². The molecule has 1 aromatic heterocycles. The number of carbonyl (C=O) groups excluding carboxylic acids is 2. The van der Waals surface area contributed by atoms with Gasteiger partial charge in [-0.25, -0.2) is 22.9 Å². The quantitative estimate of drug-likeness (QED) is 0.214. The second kappa shape index (κ2) is 11.5. The summed E-state index contributed by atoms with van der Waals surface area (Å²) in [7, 11) is -4.32. The minimum atomic E-state index is -5.55. The summed E-state index contributed by atoms with van der Waals surface area (Å²) in [6.07, 6.45) is -3.97. The Hall–Kier alpha value is -4.27. The zero-order valence-electron chi connectivity index (χ0n) is 22.8. The van der Waals surface area contributed by atoms with E-state index in [4.69, 9.17) is 19.9 Å². The number of aromatic nitrogens is 1. The summed E-state index contributed by atoms with van der Waals surface area (Å²) in [5, 5.41) is 2.61. The Kier molecular flexibility index (Phi) is 8.43. The van der Waals surface area contributed by atoms with E-state index in [2.05, 4.69) is 10.3 Å². The Morgan fingerprint density at radius 2 is 1.81 bits per heavy atom. The number of ether oxygens (including phenoxy) is 3. The molecule has 0 bridgehead atoms. The normalized spacial score (nSPS) is 15.1. The standard InChI is InChI=1S/C27H29F3N4O7S/c1-4-39-22-14-17(5-10-21(22)40-15(2)3)26(41-25(36)27(28,29)30,24(35)34-42(37,38)19-7-8-19)33-18-6-9-20-16(13-18)11-12-32-23(20)31/h5-6,9-15,19,33H,4,7-8H2,1-3H3,(H2,31,32)(H,34,35). The number of nitrogens with two attached hydrogens (primary N) is 1. The summed E-state index contributed by atoms with van der Waals surface area (Å²) in [5.74, 6) is -3.96. The number of amides is 1. The van der Waals surface area contributed by atoms with Gasteiger partial charge in [-0.05, 0) is 81.5 Å². The highest BCUT2D eigenvalue weighted by molar-refractivity contribution is 7.90. The number of anilines is 2. The largest absolute Gasteiger partial charge is 0.491 e. The number of carbonyl (C=O) groups is 2. The Balaban J connectivity index is 1.94. The van der Waals surface area contributed by atoms with Crippen LogP contribution in [0.4, 0.5) is 24.7 Å². The van der Waals surface area contributed by atoms with Gasteiger partial charge >= 0.3 is 18.1 Å². The van der Waals surface area contributed by atoms with E-state index in [1.54, 1.807) is 31.6 Å². The third-order valence-corrected chi connectivity index (χ3v) is 7.94. The van der Waals surface area contributed by atoms with Gasteiger partial charge in [0.05, 0.1) is 18.0 Å². The molecule has 1 fully saturated rings. The number of pyridine rings is 1. The maximum atomic E-state index is 13.8. The van der Waals surface area contributed by atoms with Crippen molar-refractivity contribution in [2.45, 2.75) is 56.9 Å². The molecular formula is C27H29F3N4O7S. The number of rotatable bonds is 11. The fraction of sp³-hybridized carbons (Fsp3) is 0.370. The van der Waals surface area contributed by atoms with Crippen molar-refractivity contribution in [1.29, 1.82) is 0 Å². The minimum absolute atomic E-state index is 0.00754. The molecule has 1 amide bonds. The van der Waals surface area contributed by atoms with E-state index in [0.717, 1.165) is 6.07 Å². The third kappa shape index (κ3) is 6.61. The lowest BCUT2D eigenvalue weighted by Gasteiger charge is -2.34. The highest BCUT2D eigenvalue weighted by atomic mass is 32.2. The number of nitrogens with one attached hydrogen (secondary N) is 2. The summed E-state index contributed by atoms with van der Waals surface area (Å²) in [6.45, 7) is 5.21. The SMILES string of the molecule is CCOc1cc(C(Nc2ccc3c(N)nccc3c2)(OC(=O)C(F)(F)F)C(=O)NS(=O)(=O)C2CC2)ccc1OC(C)C. The van der Waals surface area contributed by atoms with Crippen molar-refractivity contribution >= 4 is 44.2 Å². The van der Waals surface area contributed by atoms with Crippen LogP contribution in [0.25, 0.3) is 10.8 Å². The third-order valence-electron chi connectivity index (χ3n) is 6.12. The molecule has 1 heterocycles. The highest BCUT2D eigenvalue weighted by Gasteiger charge is 2.53. The number of sulfonamides is 1. The summed E-state index contributed by atoms with van der Waals surface area (Å²) < 4.78 is 84.4. The lowest BCUT2D eigenvalue weighted by Crippen LogP contribution is -2.56. The molecule has 1 aliphatic carbocycles. The van der Waals surface area contributed by atoms with E-state index in [1.165, 1.54) is 36.5 Å². The number of benzene rings is 2. The molecule has 2 aromatic carbocycles. The van der Waals surface area contributed by atoms with Crippen molar-refractivity contribution in [1.82, 2.24) is 9.71 Å². The molecule has 11 nitrogen and oxygen atoms in total. The maximum absolute atomic E-state index is 13.8. The number of hydrogen-bond donors (Lipinski definition) is 3. The molecule has 3 aromatic rings. The van der Waals surface area contributed by atoms with Gasteiger partial charge in [-0.3, -0.25) is 4.79 Å². The van der Waals surface area contributed by atoms with Crippen molar-refractivity contribution in [3.63, 3.8) is 0 Å². The second-order valence-electron chi connectivity index (χ2n) is 9.76.